The van der Waals surface area contributed by atoms with Crippen LogP contribution in [0.3, 0.4) is 0 Å². The fourth-order valence-corrected chi connectivity index (χ4v) is 3.47. The van der Waals surface area contributed by atoms with Crippen LogP contribution >= 0.6 is 15.9 Å². The van der Waals surface area contributed by atoms with Gasteiger partial charge in [0.2, 0.25) is 0 Å². The molecule has 0 spiro atoms. The molecule has 0 aromatic heterocycles. The highest BCUT2D eigenvalue weighted by atomic mass is 79.9. The van der Waals surface area contributed by atoms with Crippen molar-refractivity contribution in [1.82, 2.24) is 5.32 Å². The minimum atomic E-state index is 0.506. The van der Waals surface area contributed by atoms with Gasteiger partial charge in [0, 0.05) is 29.2 Å². The molecule has 3 unspecified atom stereocenters. The zero-order valence-electron chi connectivity index (χ0n) is 10.4. The van der Waals surface area contributed by atoms with E-state index in [0.717, 1.165) is 23.2 Å². The lowest BCUT2D eigenvalue weighted by Gasteiger charge is -2.19. The van der Waals surface area contributed by atoms with E-state index in [9.17, 15) is 0 Å². The van der Waals surface area contributed by atoms with Gasteiger partial charge in [-0.15, -0.1) is 0 Å². The lowest BCUT2D eigenvalue weighted by molar-refractivity contribution is 0.0924. The lowest BCUT2D eigenvalue weighted by Crippen LogP contribution is -2.29. The summed E-state index contributed by atoms with van der Waals surface area (Å²) in [6.07, 6.45) is 4.80. The summed E-state index contributed by atoms with van der Waals surface area (Å²) in [7, 11) is 0. The third-order valence-electron chi connectivity index (χ3n) is 4.02. The number of rotatable bonds is 4. The van der Waals surface area contributed by atoms with Crippen LogP contribution in [0.2, 0.25) is 0 Å². The van der Waals surface area contributed by atoms with Crippen LogP contribution in [0.5, 0.6) is 0 Å². The largest absolute Gasteiger partial charge is 0.399 e. The summed E-state index contributed by atoms with van der Waals surface area (Å²) in [5.41, 5.74) is 7.84. The number of nitrogens with two attached hydrogens (primary N) is 1. The van der Waals surface area contributed by atoms with Gasteiger partial charge in [0.25, 0.3) is 0 Å². The highest BCUT2D eigenvalue weighted by Crippen LogP contribution is 2.38. The van der Waals surface area contributed by atoms with Gasteiger partial charge in [0.1, 0.15) is 0 Å². The molecule has 0 amide bonds. The molecule has 3 atom stereocenters. The van der Waals surface area contributed by atoms with Gasteiger partial charge in [0.05, 0.1) is 12.2 Å². The molecule has 2 fully saturated rings. The van der Waals surface area contributed by atoms with Crippen molar-refractivity contribution >= 4 is 21.6 Å². The maximum atomic E-state index is 5.86. The van der Waals surface area contributed by atoms with E-state index >= 15 is 0 Å². The molecule has 1 aromatic rings. The monoisotopic (exact) mass is 310 g/mol. The highest BCUT2D eigenvalue weighted by molar-refractivity contribution is 9.10. The summed E-state index contributed by atoms with van der Waals surface area (Å²) in [6.45, 7) is 1.90. The summed E-state index contributed by atoms with van der Waals surface area (Å²) < 4.78 is 6.98. The van der Waals surface area contributed by atoms with Crippen LogP contribution in [0.15, 0.2) is 22.7 Å². The summed E-state index contributed by atoms with van der Waals surface area (Å²) in [6, 6.07) is 5.94. The topological polar surface area (TPSA) is 47.3 Å². The Bertz CT molecular complexity index is 438. The van der Waals surface area contributed by atoms with Crippen molar-refractivity contribution < 1.29 is 4.74 Å². The Kier molecular flexibility index (Phi) is 3.59. The van der Waals surface area contributed by atoms with Crippen molar-refractivity contribution in [1.29, 1.82) is 0 Å². The maximum absolute atomic E-state index is 5.86. The molecular weight excluding hydrogens is 292 g/mol. The number of hydrogen-bond donors (Lipinski definition) is 2. The van der Waals surface area contributed by atoms with E-state index in [1.165, 1.54) is 24.8 Å². The third-order valence-corrected chi connectivity index (χ3v) is 4.80. The predicted octanol–water partition coefficient (Wildman–Crippen LogP) is 2.69. The van der Waals surface area contributed by atoms with Crippen molar-refractivity contribution in [2.45, 2.75) is 38.0 Å². The summed E-state index contributed by atoms with van der Waals surface area (Å²) >= 11 is 3.56. The van der Waals surface area contributed by atoms with Gasteiger partial charge in [-0.25, -0.2) is 0 Å². The number of nitrogen functional groups attached to an aromatic ring is 1. The van der Waals surface area contributed by atoms with Crippen molar-refractivity contribution in [3.8, 4) is 0 Å². The first-order valence-corrected chi connectivity index (χ1v) is 7.42. The molecule has 1 aromatic carbocycles. The quantitative estimate of drug-likeness (QED) is 0.841. The Morgan fingerprint density at radius 3 is 3.00 bits per heavy atom. The van der Waals surface area contributed by atoms with E-state index < -0.39 is 0 Å². The van der Waals surface area contributed by atoms with Gasteiger partial charge in [-0.3, -0.25) is 0 Å². The molecule has 3 nitrogen and oxygen atoms in total. The maximum Gasteiger partial charge on any atom is 0.0621 e. The predicted molar refractivity (Wildman–Crippen MR) is 76.3 cm³/mol. The van der Waals surface area contributed by atoms with E-state index in [1.807, 2.05) is 18.2 Å². The van der Waals surface area contributed by atoms with E-state index in [-0.39, 0.29) is 0 Å². The molecular formula is C14H19BrN2O. The van der Waals surface area contributed by atoms with Crippen molar-refractivity contribution in [3.63, 3.8) is 0 Å². The fraction of sp³-hybridized carbons (Fsp3) is 0.571. The van der Waals surface area contributed by atoms with Crippen molar-refractivity contribution in [3.05, 3.63) is 28.2 Å². The Morgan fingerprint density at radius 2 is 2.28 bits per heavy atom. The Morgan fingerprint density at radius 1 is 1.39 bits per heavy atom. The Balaban J connectivity index is 1.51. The first-order valence-electron chi connectivity index (χ1n) is 6.62. The number of halogens is 1. The molecule has 4 heteroatoms. The molecule has 0 aliphatic carbocycles. The normalized spacial score (nSPS) is 29.9. The van der Waals surface area contributed by atoms with Gasteiger partial charge in [-0.1, -0.05) is 15.9 Å². The first-order chi connectivity index (χ1) is 8.72. The Hall–Kier alpha value is -0.580. The lowest BCUT2D eigenvalue weighted by atomic mass is 9.89. The van der Waals surface area contributed by atoms with Crippen LogP contribution in [0.25, 0.3) is 0 Å². The molecule has 3 rings (SSSR count). The SMILES string of the molecule is Nc1ccc(Br)c(CNCC2CC3CCC2O3)c1. The van der Waals surface area contributed by atoms with Crippen LogP contribution in [-0.2, 0) is 11.3 Å². The van der Waals surface area contributed by atoms with Gasteiger partial charge >= 0.3 is 0 Å². The average molecular weight is 311 g/mol. The molecule has 3 N–H and O–H groups in total. The minimum absolute atomic E-state index is 0.506. The second-order valence-electron chi connectivity index (χ2n) is 5.35. The molecule has 2 bridgehead atoms. The molecule has 98 valence electrons. The van der Waals surface area contributed by atoms with E-state index in [1.54, 1.807) is 0 Å². The van der Waals surface area contributed by atoms with Gasteiger partial charge in [0.15, 0.2) is 0 Å². The van der Waals surface area contributed by atoms with Gasteiger partial charge < -0.3 is 15.8 Å². The van der Waals surface area contributed by atoms with Crippen LogP contribution in [0.4, 0.5) is 5.69 Å². The number of nitrogens with one attached hydrogen (secondary N) is 1. The summed E-state index contributed by atoms with van der Waals surface area (Å²) in [4.78, 5) is 0. The molecule has 0 radical (unpaired) electrons. The zero-order chi connectivity index (χ0) is 12.5. The van der Waals surface area contributed by atoms with Crippen LogP contribution < -0.4 is 11.1 Å². The van der Waals surface area contributed by atoms with E-state index in [0.29, 0.717) is 18.1 Å². The van der Waals surface area contributed by atoms with Gasteiger partial charge in [-0.05, 0) is 43.0 Å². The number of hydrogen-bond acceptors (Lipinski definition) is 3. The fourth-order valence-electron chi connectivity index (χ4n) is 3.08. The van der Waals surface area contributed by atoms with Crippen LogP contribution in [-0.4, -0.2) is 18.8 Å². The highest BCUT2D eigenvalue weighted by Gasteiger charge is 2.40. The number of ether oxygens (including phenoxy) is 1. The summed E-state index contributed by atoms with van der Waals surface area (Å²) in [5, 5.41) is 3.53. The average Bonchev–Trinajstić information content (AvgIpc) is 2.96. The molecule has 2 aliphatic rings. The second kappa shape index (κ2) is 5.19. The number of anilines is 1. The minimum Gasteiger partial charge on any atom is -0.399 e. The molecule has 2 aliphatic heterocycles. The number of benzene rings is 1. The van der Waals surface area contributed by atoms with Crippen LogP contribution in [0.1, 0.15) is 24.8 Å². The first kappa shape index (κ1) is 12.5. The van der Waals surface area contributed by atoms with Gasteiger partial charge in [-0.2, -0.15) is 0 Å². The van der Waals surface area contributed by atoms with Crippen molar-refractivity contribution in [2.75, 3.05) is 12.3 Å². The van der Waals surface area contributed by atoms with E-state index in [2.05, 4.69) is 21.2 Å². The molecule has 0 saturated carbocycles. The Labute approximate surface area is 116 Å². The zero-order valence-corrected chi connectivity index (χ0v) is 11.9. The van der Waals surface area contributed by atoms with E-state index in [4.69, 9.17) is 10.5 Å². The second-order valence-corrected chi connectivity index (χ2v) is 6.21. The molecule has 2 saturated heterocycles. The van der Waals surface area contributed by atoms with Crippen molar-refractivity contribution in [2.24, 2.45) is 5.92 Å². The van der Waals surface area contributed by atoms with Crippen LogP contribution in [0, 0.1) is 5.92 Å². The summed E-state index contributed by atoms with van der Waals surface area (Å²) in [5.74, 6) is 0.698. The molecule has 2 heterocycles. The molecule has 18 heavy (non-hydrogen) atoms. The third kappa shape index (κ3) is 2.56. The number of fused-ring (bicyclic) bond motifs is 2. The smallest absolute Gasteiger partial charge is 0.0621 e. The standard InChI is InChI=1S/C14H19BrN2O/c15-13-3-1-11(16)5-9(13)7-17-8-10-6-12-2-4-14(10)18-12/h1,3,5,10,12,14,17H,2,4,6-8,16H2.